The van der Waals surface area contributed by atoms with Gasteiger partial charge in [0.25, 0.3) is 11.8 Å². The number of benzene rings is 3. The first-order valence-corrected chi connectivity index (χ1v) is 11.8. The maximum Gasteiger partial charge on any atom is 0.259 e. The zero-order valence-corrected chi connectivity index (χ0v) is 18.7. The van der Waals surface area contributed by atoms with Gasteiger partial charge < -0.3 is 15.0 Å². The van der Waals surface area contributed by atoms with E-state index in [1.54, 1.807) is 41.3 Å². The smallest absolute Gasteiger partial charge is 0.259 e. The lowest BCUT2D eigenvalue weighted by atomic mass is 10.1. The number of carbonyl (C=O) groups is 2. The highest BCUT2D eigenvalue weighted by molar-refractivity contribution is 7.99. The molecule has 0 bridgehead atoms. The molecule has 3 aromatic rings. The van der Waals surface area contributed by atoms with Crippen molar-refractivity contribution in [3.63, 3.8) is 0 Å². The van der Waals surface area contributed by atoms with Crippen molar-refractivity contribution >= 4 is 29.3 Å². The number of hydrogen-bond donors (Lipinski definition) is 1. The lowest BCUT2D eigenvalue weighted by molar-refractivity contribution is 0.0857. The van der Waals surface area contributed by atoms with Crippen LogP contribution >= 0.6 is 11.8 Å². The van der Waals surface area contributed by atoms with Gasteiger partial charge in [0.05, 0.1) is 23.9 Å². The van der Waals surface area contributed by atoms with Gasteiger partial charge in [0.2, 0.25) is 0 Å². The molecule has 2 amide bonds. The van der Waals surface area contributed by atoms with E-state index in [1.165, 1.54) is 17.8 Å². The van der Waals surface area contributed by atoms with Crippen molar-refractivity contribution < 1.29 is 18.7 Å². The first kappa shape index (κ1) is 21.7. The Balaban J connectivity index is 1.50. The fraction of sp³-hybridized carbons (Fsp3) is 0.231. The molecule has 1 fully saturated rings. The molecule has 5 nitrogen and oxygen atoms in total. The summed E-state index contributed by atoms with van der Waals surface area (Å²) in [5, 5.41) is 2.93. The first-order valence-electron chi connectivity index (χ1n) is 11.0. The van der Waals surface area contributed by atoms with Crippen molar-refractivity contribution in [1.82, 2.24) is 5.32 Å². The van der Waals surface area contributed by atoms with Gasteiger partial charge in [-0.05, 0) is 49.2 Å². The van der Waals surface area contributed by atoms with E-state index in [0.717, 1.165) is 29.2 Å². The third kappa shape index (κ3) is 4.51. The molecule has 0 radical (unpaired) electrons. The number of hydrogen-bond acceptors (Lipinski definition) is 4. The quantitative estimate of drug-likeness (QED) is 0.577. The van der Waals surface area contributed by atoms with E-state index in [1.807, 2.05) is 24.3 Å². The molecule has 0 saturated carbocycles. The lowest BCUT2D eigenvalue weighted by Gasteiger charge is -2.24. The number of amides is 2. The second-order valence-corrected chi connectivity index (χ2v) is 9.19. The minimum atomic E-state index is -0.373. The van der Waals surface area contributed by atoms with Crippen LogP contribution in [0.2, 0.25) is 0 Å². The Morgan fingerprint density at radius 3 is 2.73 bits per heavy atom. The minimum absolute atomic E-state index is 0.0407. The highest BCUT2D eigenvalue weighted by Crippen LogP contribution is 2.42. The van der Waals surface area contributed by atoms with Crippen LogP contribution in [0.4, 0.5) is 10.1 Å². The molecule has 7 heteroatoms. The van der Waals surface area contributed by atoms with E-state index in [2.05, 4.69) is 5.32 Å². The molecule has 168 valence electrons. The molecule has 3 aromatic carbocycles. The molecular weight excluding hydrogens is 439 g/mol. The highest BCUT2D eigenvalue weighted by atomic mass is 32.2. The zero-order valence-electron chi connectivity index (χ0n) is 17.9. The van der Waals surface area contributed by atoms with Crippen molar-refractivity contribution in [2.45, 2.75) is 35.3 Å². The van der Waals surface area contributed by atoms with Crippen LogP contribution in [0.3, 0.4) is 0 Å². The third-order valence-electron chi connectivity index (χ3n) is 5.90. The van der Waals surface area contributed by atoms with Gasteiger partial charge in [0.15, 0.2) is 0 Å². The molecule has 2 heterocycles. The zero-order chi connectivity index (χ0) is 22.8. The summed E-state index contributed by atoms with van der Waals surface area (Å²) in [6.45, 7) is 1.24. The Hall–Kier alpha value is -3.16. The summed E-state index contributed by atoms with van der Waals surface area (Å²) < 4.78 is 20.1. The van der Waals surface area contributed by atoms with Crippen LogP contribution in [0.5, 0.6) is 0 Å². The summed E-state index contributed by atoms with van der Waals surface area (Å²) in [7, 11) is 0. The Labute approximate surface area is 195 Å². The molecular formula is C26H23FN2O3S. The van der Waals surface area contributed by atoms with Gasteiger partial charge in [0, 0.05) is 34.1 Å². The fourth-order valence-corrected chi connectivity index (χ4v) is 5.19. The molecule has 2 aliphatic heterocycles. The van der Waals surface area contributed by atoms with Crippen LogP contribution in [-0.2, 0) is 11.3 Å². The number of nitrogens with one attached hydrogen (secondary N) is 1. The summed E-state index contributed by atoms with van der Waals surface area (Å²) in [4.78, 5) is 29.6. The molecule has 0 unspecified atom stereocenters. The van der Waals surface area contributed by atoms with Crippen LogP contribution in [0.15, 0.2) is 76.5 Å². The van der Waals surface area contributed by atoms with Gasteiger partial charge in [-0.3, -0.25) is 9.59 Å². The van der Waals surface area contributed by atoms with Crippen molar-refractivity contribution in [3.05, 3.63) is 89.2 Å². The topological polar surface area (TPSA) is 58.6 Å². The molecule has 5 rings (SSSR count). The number of fused-ring (bicyclic) bond motifs is 2. The van der Waals surface area contributed by atoms with Crippen LogP contribution in [0, 0.1) is 5.82 Å². The Bertz CT molecular complexity index is 1210. The monoisotopic (exact) mass is 462 g/mol. The number of nitrogens with zero attached hydrogens (tertiary/aromatic N) is 1. The van der Waals surface area contributed by atoms with E-state index >= 15 is 0 Å². The fourth-order valence-electron chi connectivity index (χ4n) is 4.13. The molecule has 1 saturated heterocycles. The summed E-state index contributed by atoms with van der Waals surface area (Å²) in [5.41, 5.74) is 2.01. The number of anilines is 1. The lowest BCUT2D eigenvalue weighted by Crippen LogP contribution is -2.33. The molecule has 33 heavy (non-hydrogen) atoms. The summed E-state index contributed by atoms with van der Waals surface area (Å²) in [6.07, 6.45) is 1.98. The second kappa shape index (κ2) is 9.37. The Morgan fingerprint density at radius 1 is 1.09 bits per heavy atom. The minimum Gasteiger partial charge on any atom is -0.376 e. The molecule has 0 spiro atoms. The normalized spacial score (nSPS) is 17.3. The van der Waals surface area contributed by atoms with Gasteiger partial charge in [-0.15, -0.1) is 0 Å². The van der Waals surface area contributed by atoms with E-state index in [0.29, 0.717) is 28.9 Å². The van der Waals surface area contributed by atoms with Gasteiger partial charge in [0.1, 0.15) is 5.82 Å². The first-order chi connectivity index (χ1) is 16.1. The van der Waals surface area contributed by atoms with Gasteiger partial charge >= 0.3 is 0 Å². The number of ether oxygens (including phenoxy) is 1. The Morgan fingerprint density at radius 2 is 1.91 bits per heavy atom. The van der Waals surface area contributed by atoms with Crippen LogP contribution < -0.4 is 10.2 Å². The second-order valence-electron chi connectivity index (χ2n) is 8.11. The largest absolute Gasteiger partial charge is 0.376 e. The predicted octanol–water partition coefficient (Wildman–Crippen LogP) is 5.05. The van der Waals surface area contributed by atoms with Crippen molar-refractivity contribution in [2.75, 3.05) is 18.1 Å². The van der Waals surface area contributed by atoms with Crippen molar-refractivity contribution in [2.24, 2.45) is 0 Å². The Kier molecular flexibility index (Phi) is 6.15. The van der Waals surface area contributed by atoms with Gasteiger partial charge in [-0.2, -0.15) is 0 Å². The third-order valence-corrected chi connectivity index (χ3v) is 7.04. The number of rotatable bonds is 5. The average molecular weight is 463 g/mol. The predicted molar refractivity (Wildman–Crippen MR) is 125 cm³/mol. The van der Waals surface area contributed by atoms with Crippen LogP contribution in [0.1, 0.15) is 39.1 Å². The molecule has 0 aromatic heterocycles. The van der Waals surface area contributed by atoms with Crippen molar-refractivity contribution in [3.8, 4) is 0 Å². The van der Waals surface area contributed by atoms with Gasteiger partial charge in [-0.1, -0.05) is 42.1 Å². The van der Waals surface area contributed by atoms with E-state index in [9.17, 15) is 14.0 Å². The van der Waals surface area contributed by atoms with Crippen LogP contribution in [-0.4, -0.2) is 31.1 Å². The molecule has 1 N–H and O–H groups in total. The summed E-state index contributed by atoms with van der Waals surface area (Å²) in [5.74, 6) is -0.821. The summed E-state index contributed by atoms with van der Waals surface area (Å²) >= 11 is 1.47. The summed E-state index contributed by atoms with van der Waals surface area (Å²) in [6, 6.07) is 19.1. The standard InChI is InChI=1S/C26H23FN2O3S/c27-21-9-3-1-6-18(21)16-29-22-14-17(25(30)28-15-19-7-5-13-32-19)11-12-24(22)33-23-10-4-2-8-20(23)26(29)31/h1-4,6,8-12,14,19H,5,7,13,15-16H2,(H,28,30)/t19-/m0/s1. The van der Waals surface area contributed by atoms with E-state index in [4.69, 9.17) is 4.74 Å². The van der Waals surface area contributed by atoms with Crippen molar-refractivity contribution in [1.29, 1.82) is 0 Å². The SMILES string of the molecule is O=C(NC[C@@H]1CCCO1)c1ccc2c(c1)N(Cc1ccccc1F)C(=O)c1ccccc1S2. The van der Waals surface area contributed by atoms with Gasteiger partial charge in [-0.25, -0.2) is 4.39 Å². The maximum atomic E-state index is 14.5. The average Bonchev–Trinajstić information content (AvgIpc) is 3.32. The number of carbonyl (C=O) groups excluding carboxylic acids is 2. The maximum absolute atomic E-state index is 14.5. The molecule has 2 aliphatic rings. The molecule has 1 atom stereocenters. The number of halogens is 1. The van der Waals surface area contributed by atoms with E-state index < -0.39 is 0 Å². The molecule has 0 aliphatic carbocycles. The van der Waals surface area contributed by atoms with E-state index in [-0.39, 0.29) is 30.3 Å². The highest BCUT2D eigenvalue weighted by Gasteiger charge is 2.29. The van der Waals surface area contributed by atoms with Crippen LogP contribution in [0.25, 0.3) is 0 Å².